The topological polar surface area (TPSA) is 61.4 Å². The van der Waals surface area contributed by atoms with E-state index in [9.17, 15) is 14.0 Å². The molecular formula is C29H40FN3O2. The number of halogens is 1. The van der Waals surface area contributed by atoms with Crippen molar-refractivity contribution in [3.05, 3.63) is 59.4 Å². The number of nitrogens with zero attached hydrogens (tertiary/aromatic N) is 1. The van der Waals surface area contributed by atoms with E-state index in [4.69, 9.17) is 0 Å². The summed E-state index contributed by atoms with van der Waals surface area (Å²) in [6.45, 7) is 13.0. The minimum atomic E-state index is -0.304. The highest BCUT2D eigenvalue weighted by atomic mass is 19.1. The first-order valence-corrected chi connectivity index (χ1v) is 12.7. The molecule has 2 amide bonds. The van der Waals surface area contributed by atoms with Crippen LogP contribution in [0.15, 0.2) is 42.5 Å². The van der Waals surface area contributed by atoms with Gasteiger partial charge in [-0.05, 0) is 72.4 Å². The van der Waals surface area contributed by atoms with Crippen LogP contribution < -0.4 is 15.5 Å². The maximum atomic E-state index is 13.3. The van der Waals surface area contributed by atoms with E-state index in [1.54, 1.807) is 18.2 Å². The van der Waals surface area contributed by atoms with Crippen LogP contribution in [-0.4, -0.2) is 24.9 Å². The van der Waals surface area contributed by atoms with Gasteiger partial charge >= 0.3 is 0 Å². The molecule has 1 heterocycles. The Labute approximate surface area is 209 Å². The Hall–Kier alpha value is -2.89. The fraction of sp³-hybridized carbons (Fsp3) is 0.517. The maximum absolute atomic E-state index is 13.3. The molecule has 0 aromatic heterocycles. The van der Waals surface area contributed by atoms with Crippen LogP contribution in [0.4, 0.5) is 15.8 Å². The second-order valence-corrected chi connectivity index (χ2v) is 11.3. The van der Waals surface area contributed by atoms with Crippen LogP contribution in [0.5, 0.6) is 0 Å². The Morgan fingerprint density at radius 1 is 1.09 bits per heavy atom. The zero-order valence-corrected chi connectivity index (χ0v) is 21.8. The Balaban J connectivity index is 1.75. The van der Waals surface area contributed by atoms with Crippen LogP contribution >= 0.6 is 0 Å². The summed E-state index contributed by atoms with van der Waals surface area (Å²) in [7, 11) is 0. The first-order valence-electron chi connectivity index (χ1n) is 12.7. The zero-order chi connectivity index (χ0) is 25.6. The molecule has 6 heteroatoms. The first-order chi connectivity index (χ1) is 16.5. The van der Waals surface area contributed by atoms with Crippen molar-refractivity contribution in [3.63, 3.8) is 0 Å². The Morgan fingerprint density at radius 2 is 1.74 bits per heavy atom. The predicted molar refractivity (Wildman–Crippen MR) is 141 cm³/mol. The highest BCUT2D eigenvalue weighted by Gasteiger charge is 2.23. The lowest BCUT2D eigenvalue weighted by Crippen LogP contribution is -2.35. The van der Waals surface area contributed by atoms with E-state index in [1.165, 1.54) is 12.1 Å². The number of hydrogen-bond donors (Lipinski definition) is 2. The van der Waals surface area contributed by atoms with Gasteiger partial charge in [0, 0.05) is 37.4 Å². The van der Waals surface area contributed by atoms with Gasteiger partial charge < -0.3 is 15.5 Å². The van der Waals surface area contributed by atoms with E-state index in [2.05, 4.69) is 50.2 Å². The molecule has 5 nitrogen and oxygen atoms in total. The molecule has 0 radical (unpaired) electrons. The van der Waals surface area contributed by atoms with E-state index in [0.717, 1.165) is 43.6 Å². The molecular weight excluding hydrogens is 441 g/mol. The van der Waals surface area contributed by atoms with Crippen molar-refractivity contribution in [2.45, 2.75) is 66.8 Å². The summed E-state index contributed by atoms with van der Waals surface area (Å²) < 4.78 is 13.2. The van der Waals surface area contributed by atoms with Gasteiger partial charge in [0.2, 0.25) is 5.91 Å². The normalized spacial score (nSPS) is 15.5. The molecule has 2 N–H and O–H groups in total. The third kappa shape index (κ3) is 8.37. The molecule has 2 aromatic rings. The van der Waals surface area contributed by atoms with Crippen LogP contribution in [0.25, 0.3) is 0 Å². The average Bonchev–Trinajstić information content (AvgIpc) is 2.77. The van der Waals surface area contributed by atoms with Gasteiger partial charge in [0.25, 0.3) is 5.91 Å². The number of hydrogen-bond acceptors (Lipinski definition) is 3. The number of amides is 2. The van der Waals surface area contributed by atoms with Gasteiger partial charge in [-0.2, -0.15) is 0 Å². The van der Waals surface area contributed by atoms with Gasteiger partial charge in [0.05, 0.1) is 5.56 Å². The minimum absolute atomic E-state index is 0.0426. The van der Waals surface area contributed by atoms with Gasteiger partial charge in [-0.1, -0.05) is 46.8 Å². The quantitative estimate of drug-likeness (QED) is 0.459. The first kappa shape index (κ1) is 26.7. The Kier molecular flexibility index (Phi) is 8.92. The monoisotopic (exact) mass is 481 g/mol. The average molecular weight is 482 g/mol. The van der Waals surface area contributed by atoms with Gasteiger partial charge in [0.1, 0.15) is 5.82 Å². The fourth-order valence-corrected chi connectivity index (χ4v) is 4.85. The Morgan fingerprint density at radius 3 is 2.37 bits per heavy atom. The third-order valence-corrected chi connectivity index (χ3v) is 6.51. The summed E-state index contributed by atoms with van der Waals surface area (Å²) in [5.41, 5.74) is 3.04. The molecule has 1 unspecified atom stereocenters. The number of carbonyl (C=O) groups is 2. The smallest absolute Gasteiger partial charge is 0.253 e. The predicted octanol–water partition coefficient (Wildman–Crippen LogP) is 6.39. The largest absolute Gasteiger partial charge is 0.371 e. The molecule has 190 valence electrons. The molecule has 1 fully saturated rings. The molecule has 0 bridgehead atoms. The molecule has 0 aliphatic carbocycles. The summed E-state index contributed by atoms with van der Waals surface area (Å²) in [6, 6.07) is 11.7. The van der Waals surface area contributed by atoms with Crippen LogP contribution in [0.3, 0.4) is 0 Å². The Bertz CT molecular complexity index is 1010. The van der Waals surface area contributed by atoms with Gasteiger partial charge in [-0.3, -0.25) is 9.59 Å². The number of benzene rings is 2. The van der Waals surface area contributed by atoms with Crippen LogP contribution in [0.2, 0.25) is 0 Å². The van der Waals surface area contributed by atoms with Crippen molar-refractivity contribution in [3.8, 4) is 0 Å². The molecule has 35 heavy (non-hydrogen) atoms. The van der Waals surface area contributed by atoms with Crippen molar-refractivity contribution < 1.29 is 14.0 Å². The van der Waals surface area contributed by atoms with Crippen molar-refractivity contribution in [1.82, 2.24) is 5.32 Å². The van der Waals surface area contributed by atoms with Gasteiger partial charge in [-0.25, -0.2) is 4.39 Å². The SMILES string of the molecule is CC1CCN(c2ccc(NC(=O)CC(C)CC(C)(C)C)cc2C(=O)NCc2ccc(F)cc2)CC1. The third-order valence-electron chi connectivity index (χ3n) is 6.51. The second kappa shape index (κ2) is 11.7. The molecule has 0 saturated carbocycles. The van der Waals surface area contributed by atoms with Crippen molar-refractivity contribution in [2.24, 2.45) is 17.3 Å². The standard InChI is InChI=1S/C29H40FN3O2/c1-20-12-14-33(15-13-20)26-11-10-24(32-27(34)16-21(2)18-29(3,4)5)17-25(26)28(35)31-19-22-6-8-23(30)9-7-22/h6-11,17,20-21H,12-16,18-19H2,1-5H3,(H,31,35)(H,32,34). The van der Waals surface area contributed by atoms with E-state index >= 15 is 0 Å². The summed E-state index contributed by atoms with van der Waals surface area (Å²) >= 11 is 0. The molecule has 3 rings (SSSR count). The fourth-order valence-electron chi connectivity index (χ4n) is 4.85. The van der Waals surface area contributed by atoms with E-state index < -0.39 is 0 Å². The van der Waals surface area contributed by atoms with Gasteiger partial charge in [-0.15, -0.1) is 0 Å². The van der Waals surface area contributed by atoms with Crippen LogP contribution in [0.1, 0.15) is 76.2 Å². The molecule has 0 spiro atoms. The molecule has 1 atom stereocenters. The van der Waals surface area contributed by atoms with Crippen molar-refractivity contribution >= 4 is 23.2 Å². The zero-order valence-electron chi connectivity index (χ0n) is 21.8. The summed E-state index contributed by atoms with van der Waals surface area (Å²) in [4.78, 5) is 28.2. The van der Waals surface area contributed by atoms with Crippen LogP contribution in [0, 0.1) is 23.1 Å². The molecule has 1 aliphatic heterocycles. The molecule has 2 aromatic carbocycles. The summed E-state index contributed by atoms with van der Waals surface area (Å²) in [5.74, 6) is 0.389. The second-order valence-electron chi connectivity index (χ2n) is 11.3. The number of nitrogens with one attached hydrogen (secondary N) is 2. The van der Waals surface area contributed by atoms with Gasteiger partial charge in [0.15, 0.2) is 0 Å². The van der Waals surface area contributed by atoms with E-state index in [-0.39, 0.29) is 29.0 Å². The lowest BCUT2D eigenvalue weighted by atomic mass is 9.84. The lowest BCUT2D eigenvalue weighted by Gasteiger charge is -2.33. The number of anilines is 2. The highest BCUT2D eigenvalue weighted by molar-refractivity contribution is 6.02. The summed E-state index contributed by atoms with van der Waals surface area (Å²) in [5, 5.41) is 5.95. The number of carbonyl (C=O) groups excluding carboxylic acids is 2. The molecule has 1 saturated heterocycles. The van der Waals surface area contributed by atoms with Crippen molar-refractivity contribution in [1.29, 1.82) is 0 Å². The van der Waals surface area contributed by atoms with Crippen molar-refractivity contribution in [2.75, 3.05) is 23.3 Å². The van der Waals surface area contributed by atoms with E-state index in [0.29, 0.717) is 30.1 Å². The maximum Gasteiger partial charge on any atom is 0.253 e. The number of piperidine rings is 1. The minimum Gasteiger partial charge on any atom is -0.371 e. The summed E-state index contributed by atoms with van der Waals surface area (Å²) in [6.07, 6.45) is 3.57. The highest BCUT2D eigenvalue weighted by Crippen LogP contribution is 2.30. The number of rotatable bonds is 8. The van der Waals surface area contributed by atoms with Crippen LogP contribution in [-0.2, 0) is 11.3 Å². The molecule has 1 aliphatic rings. The lowest BCUT2D eigenvalue weighted by molar-refractivity contribution is -0.117. The van der Waals surface area contributed by atoms with E-state index in [1.807, 2.05) is 12.1 Å².